The molecule has 0 radical (unpaired) electrons. The van der Waals surface area contributed by atoms with E-state index in [1.165, 1.54) is 24.5 Å². The van der Waals surface area contributed by atoms with Gasteiger partial charge < -0.3 is 15.0 Å². The molecular weight excluding hydrogens is 307 g/mol. The van der Waals surface area contributed by atoms with Crippen molar-refractivity contribution in [2.24, 2.45) is 0 Å². The highest BCUT2D eigenvalue weighted by molar-refractivity contribution is 6.32. The van der Waals surface area contributed by atoms with Crippen LogP contribution in [0.2, 0.25) is 5.02 Å². The smallest absolute Gasteiger partial charge is 0.224 e. The minimum atomic E-state index is -0.407. The topological polar surface area (TPSA) is 50.3 Å². The molecule has 5 nitrogen and oxygen atoms in total. The van der Waals surface area contributed by atoms with E-state index in [2.05, 4.69) is 27.1 Å². The maximum atomic E-state index is 13.1. The number of anilines is 1. The summed E-state index contributed by atoms with van der Waals surface area (Å²) in [4.78, 5) is 10.5. The van der Waals surface area contributed by atoms with Crippen LogP contribution < -0.4 is 15.0 Å². The van der Waals surface area contributed by atoms with Crippen LogP contribution in [0.1, 0.15) is 6.92 Å². The molecule has 22 heavy (non-hydrogen) atoms. The highest BCUT2D eigenvalue weighted by Gasteiger charge is 2.17. The van der Waals surface area contributed by atoms with Gasteiger partial charge in [0.05, 0.1) is 5.02 Å². The zero-order valence-corrected chi connectivity index (χ0v) is 12.8. The van der Waals surface area contributed by atoms with Gasteiger partial charge in [-0.15, -0.1) is 0 Å². The summed E-state index contributed by atoms with van der Waals surface area (Å²) in [7, 11) is 0. The molecule has 0 bridgehead atoms. The molecule has 1 unspecified atom stereocenters. The van der Waals surface area contributed by atoms with Crippen LogP contribution in [-0.2, 0) is 0 Å². The van der Waals surface area contributed by atoms with E-state index in [0.717, 1.165) is 25.5 Å². The molecule has 1 aliphatic heterocycles. The zero-order valence-electron chi connectivity index (χ0n) is 12.1. The van der Waals surface area contributed by atoms with Gasteiger partial charge in [-0.1, -0.05) is 11.6 Å². The number of rotatable bonds is 3. The maximum absolute atomic E-state index is 13.1. The maximum Gasteiger partial charge on any atom is 0.224 e. The number of nitrogens with zero attached hydrogens (tertiary/aromatic N) is 3. The highest BCUT2D eigenvalue weighted by Crippen LogP contribution is 2.29. The monoisotopic (exact) mass is 322 g/mol. The molecule has 0 spiro atoms. The minimum absolute atomic E-state index is 0.205. The Kier molecular flexibility index (Phi) is 4.40. The summed E-state index contributed by atoms with van der Waals surface area (Å²) in [6, 6.07) is 6.14. The Labute approximate surface area is 133 Å². The average Bonchev–Trinajstić information content (AvgIpc) is 2.50. The third-order valence-electron chi connectivity index (χ3n) is 3.43. The first kappa shape index (κ1) is 15.0. The van der Waals surface area contributed by atoms with E-state index in [0.29, 0.717) is 17.7 Å². The third-order valence-corrected chi connectivity index (χ3v) is 3.72. The Morgan fingerprint density at radius 3 is 3.00 bits per heavy atom. The first-order valence-corrected chi connectivity index (χ1v) is 7.43. The molecule has 0 amide bonds. The van der Waals surface area contributed by atoms with Crippen LogP contribution >= 0.6 is 11.6 Å². The van der Waals surface area contributed by atoms with Crippen molar-refractivity contribution in [3.05, 3.63) is 41.4 Å². The fourth-order valence-electron chi connectivity index (χ4n) is 2.37. The van der Waals surface area contributed by atoms with E-state index < -0.39 is 5.82 Å². The van der Waals surface area contributed by atoms with Crippen LogP contribution in [0.4, 0.5) is 10.2 Å². The lowest BCUT2D eigenvalue weighted by atomic mass is 10.2. The van der Waals surface area contributed by atoms with Gasteiger partial charge in [-0.25, -0.2) is 14.4 Å². The second kappa shape index (κ2) is 6.46. The lowest BCUT2D eigenvalue weighted by Gasteiger charge is -2.32. The van der Waals surface area contributed by atoms with Gasteiger partial charge in [-0.3, -0.25) is 0 Å². The molecule has 0 aliphatic carbocycles. The zero-order chi connectivity index (χ0) is 15.5. The fourth-order valence-corrected chi connectivity index (χ4v) is 2.58. The number of aromatic nitrogens is 2. The van der Waals surface area contributed by atoms with Crippen molar-refractivity contribution >= 4 is 17.4 Å². The van der Waals surface area contributed by atoms with Gasteiger partial charge in [0, 0.05) is 31.7 Å². The Morgan fingerprint density at radius 2 is 2.23 bits per heavy atom. The van der Waals surface area contributed by atoms with Crippen LogP contribution in [0.5, 0.6) is 11.6 Å². The summed E-state index contributed by atoms with van der Waals surface area (Å²) in [6.45, 7) is 4.78. The molecular formula is C15H16ClFN4O. The lowest BCUT2D eigenvalue weighted by Crippen LogP contribution is -2.49. The Hall–Kier alpha value is -1.92. The van der Waals surface area contributed by atoms with Crippen molar-refractivity contribution in [3.8, 4) is 11.6 Å². The molecule has 1 aromatic carbocycles. The van der Waals surface area contributed by atoms with Gasteiger partial charge in [-0.2, -0.15) is 0 Å². The van der Waals surface area contributed by atoms with Crippen LogP contribution in [0.15, 0.2) is 30.6 Å². The molecule has 0 saturated carbocycles. The minimum Gasteiger partial charge on any atom is -0.437 e. The summed E-state index contributed by atoms with van der Waals surface area (Å²) in [6.07, 6.45) is 1.45. The van der Waals surface area contributed by atoms with E-state index in [1.54, 1.807) is 6.07 Å². The van der Waals surface area contributed by atoms with Gasteiger partial charge in [0.25, 0.3) is 0 Å². The number of hydrogen-bond acceptors (Lipinski definition) is 5. The predicted molar refractivity (Wildman–Crippen MR) is 83.2 cm³/mol. The van der Waals surface area contributed by atoms with E-state index in [9.17, 15) is 4.39 Å². The van der Waals surface area contributed by atoms with E-state index in [1.807, 2.05) is 0 Å². The predicted octanol–water partition coefficient (Wildman–Crippen LogP) is 2.86. The van der Waals surface area contributed by atoms with Crippen LogP contribution in [0, 0.1) is 5.82 Å². The van der Waals surface area contributed by atoms with Crippen molar-refractivity contribution in [2.45, 2.75) is 13.0 Å². The van der Waals surface area contributed by atoms with Gasteiger partial charge in [0.1, 0.15) is 23.7 Å². The molecule has 1 fully saturated rings. The number of ether oxygens (including phenoxy) is 1. The fraction of sp³-hybridized carbons (Fsp3) is 0.333. The summed E-state index contributed by atoms with van der Waals surface area (Å²) in [5.74, 6) is 1.14. The molecule has 7 heteroatoms. The Bertz CT molecular complexity index is 670. The SMILES string of the molecule is CC1CN(c2cc(Oc3ccc(F)cc3Cl)ncn2)CCN1. The molecule has 1 aromatic heterocycles. The highest BCUT2D eigenvalue weighted by atomic mass is 35.5. The third kappa shape index (κ3) is 3.45. The number of hydrogen-bond donors (Lipinski definition) is 1. The van der Waals surface area contributed by atoms with Crippen molar-refractivity contribution in [2.75, 3.05) is 24.5 Å². The quantitative estimate of drug-likeness (QED) is 0.941. The van der Waals surface area contributed by atoms with Crippen molar-refractivity contribution < 1.29 is 9.13 Å². The number of halogens is 2. The summed E-state index contributed by atoms with van der Waals surface area (Å²) < 4.78 is 18.7. The first-order valence-electron chi connectivity index (χ1n) is 7.05. The molecule has 1 N–H and O–H groups in total. The molecule has 1 aliphatic rings. The van der Waals surface area contributed by atoms with Crippen molar-refractivity contribution in [3.63, 3.8) is 0 Å². The first-order chi connectivity index (χ1) is 10.6. The molecule has 2 aromatic rings. The summed E-state index contributed by atoms with van der Waals surface area (Å²) >= 11 is 5.96. The Balaban J connectivity index is 1.79. The van der Waals surface area contributed by atoms with E-state index >= 15 is 0 Å². The van der Waals surface area contributed by atoms with Crippen LogP contribution in [0.3, 0.4) is 0 Å². The van der Waals surface area contributed by atoms with Crippen molar-refractivity contribution in [1.82, 2.24) is 15.3 Å². The molecule has 116 valence electrons. The largest absolute Gasteiger partial charge is 0.437 e. The second-order valence-electron chi connectivity index (χ2n) is 5.19. The van der Waals surface area contributed by atoms with E-state index in [4.69, 9.17) is 16.3 Å². The lowest BCUT2D eigenvalue weighted by molar-refractivity contribution is 0.456. The van der Waals surface area contributed by atoms with E-state index in [-0.39, 0.29) is 5.02 Å². The normalized spacial score (nSPS) is 18.3. The standard InChI is InChI=1S/C15H16ClFN4O/c1-10-8-21(5-4-18-10)14-7-15(20-9-19-14)22-13-3-2-11(17)6-12(13)16/h2-3,6-7,9-10,18H,4-5,8H2,1H3. The summed E-state index contributed by atoms with van der Waals surface area (Å²) in [5, 5.41) is 3.58. The Morgan fingerprint density at radius 1 is 1.36 bits per heavy atom. The van der Waals surface area contributed by atoms with Gasteiger partial charge >= 0.3 is 0 Å². The van der Waals surface area contributed by atoms with Gasteiger partial charge in [0.15, 0.2) is 0 Å². The van der Waals surface area contributed by atoms with Crippen molar-refractivity contribution in [1.29, 1.82) is 0 Å². The molecule has 3 rings (SSSR count). The van der Waals surface area contributed by atoms with Crippen LogP contribution in [0.25, 0.3) is 0 Å². The number of benzene rings is 1. The van der Waals surface area contributed by atoms with Gasteiger partial charge in [0.2, 0.25) is 5.88 Å². The molecule has 1 saturated heterocycles. The average molecular weight is 323 g/mol. The molecule has 1 atom stereocenters. The second-order valence-corrected chi connectivity index (χ2v) is 5.60. The number of nitrogens with one attached hydrogen (secondary N) is 1. The number of piperazine rings is 1. The van der Waals surface area contributed by atoms with Gasteiger partial charge in [-0.05, 0) is 25.1 Å². The van der Waals surface area contributed by atoms with Crippen LogP contribution in [-0.4, -0.2) is 35.6 Å². The summed E-state index contributed by atoms with van der Waals surface area (Å²) in [5.41, 5.74) is 0. The molecule has 2 heterocycles.